The highest BCUT2D eigenvalue weighted by Gasteiger charge is 2.07. The molecule has 0 unspecified atom stereocenters. The SMILES string of the molecule is O=C(NCc1cccc(Oc2ccccn2)c1)c1ccc(-c2cccc(Cl)c2)cc1. The number of carbonyl (C=O) groups excluding carboxylic acids is 1. The Morgan fingerprint density at radius 2 is 1.70 bits per heavy atom. The number of amides is 1. The van der Waals surface area contributed by atoms with Crippen LogP contribution in [0.2, 0.25) is 5.02 Å². The third-order valence-electron chi connectivity index (χ3n) is 4.52. The number of rotatable bonds is 6. The van der Waals surface area contributed by atoms with E-state index in [9.17, 15) is 4.79 Å². The molecule has 4 rings (SSSR count). The Morgan fingerprint density at radius 3 is 2.47 bits per heavy atom. The summed E-state index contributed by atoms with van der Waals surface area (Å²) in [6, 6.07) is 28.2. The van der Waals surface area contributed by atoms with Crippen LogP contribution in [0.5, 0.6) is 11.6 Å². The molecule has 0 saturated heterocycles. The van der Waals surface area contributed by atoms with Gasteiger partial charge in [0.15, 0.2) is 0 Å². The van der Waals surface area contributed by atoms with Crippen LogP contribution in [0.4, 0.5) is 0 Å². The quantitative estimate of drug-likeness (QED) is 0.413. The van der Waals surface area contributed by atoms with Gasteiger partial charge >= 0.3 is 0 Å². The molecule has 0 spiro atoms. The van der Waals surface area contributed by atoms with E-state index in [0.717, 1.165) is 16.7 Å². The number of benzene rings is 3. The van der Waals surface area contributed by atoms with Crippen LogP contribution in [0.3, 0.4) is 0 Å². The van der Waals surface area contributed by atoms with Gasteiger partial charge in [0.25, 0.3) is 5.91 Å². The number of nitrogens with one attached hydrogen (secondary N) is 1. The average molecular weight is 415 g/mol. The Labute approximate surface area is 180 Å². The molecule has 1 N–H and O–H groups in total. The van der Waals surface area contributed by atoms with Crippen molar-refractivity contribution < 1.29 is 9.53 Å². The van der Waals surface area contributed by atoms with E-state index in [4.69, 9.17) is 16.3 Å². The van der Waals surface area contributed by atoms with E-state index < -0.39 is 0 Å². The van der Waals surface area contributed by atoms with Crippen molar-refractivity contribution >= 4 is 17.5 Å². The standard InChI is InChI=1S/C25H19ClN2O2/c26-22-7-4-6-21(16-22)19-10-12-20(13-11-19)25(29)28-17-18-5-3-8-23(15-18)30-24-9-1-2-14-27-24/h1-16H,17H2,(H,28,29). The summed E-state index contributed by atoms with van der Waals surface area (Å²) in [6.07, 6.45) is 1.68. The number of hydrogen-bond acceptors (Lipinski definition) is 3. The molecule has 4 aromatic rings. The molecule has 0 aliphatic rings. The van der Waals surface area contributed by atoms with Crippen LogP contribution < -0.4 is 10.1 Å². The van der Waals surface area contributed by atoms with Gasteiger partial charge in [-0.05, 0) is 59.2 Å². The summed E-state index contributed by atoms with van der Waals surface area (Å²) >= 11 is 6.06. The van der Waals surface area contributed by atoms with Gasteiger partial charge < -0.3 is 10.1 Å². The van der Waals surface area contributed by atoms with Crippen molar-refractivity contribution in [2.75, 3.05) is 0 Å². The zero-order chi connectivity index (χ0) is 20.8. The molecule has 148 valence electrons. The highest BCUT2D eigenvalue weighted by molar-refractivity contribution is 6.30. The Kier molecular flexibility index (Phi) is 6.06. The van der Waals surface area contributed by atoms with Gasteiger partial charge in [-0.2, -0.15) is 0 Å². The van der Waals surface area contributed by atoms with Crippen molar-refractivity contribution in [1.29, 1.82) is 0 Å². The van der Waals surface area contributed by atoms with E-state index in [1.54, 1.807) is 12.3 Å². The molecule has 0 saturated carbocycles. The van der Waals surface area contributed by atoms with Gasteiger partial charge in [-0.3, -0.25) is 4.79 Å². The average Bonchev–Trinajstić information content (AvgIpc) is 2.78. The number of pyridine rings is 1. The van der Waals surface area contributed by atoms with Gasteiger partial charge in [-0.15, -0.1) is 0 Å². The van der Waals surface area contributed by atoms with Gasteiger partial charge in [0.05, 0.1) is 0 Å². The number of halogens is 1. The molecule has 0 fully saturated rings. The lowest BCUT2D eigenvalue weighted by Crippen LogP contribution is -2.22. The fourth-order valence-corrected chi connectivity index (χ4v) is 3.20. The van der Waals surface area contributed by atoms with E-state index in [0.29, 0.717) is 28.8 Å². The zero-order valence-corrected chi connectivity index (χ0v) is 16.8. The van der Waals surface area contributed by atoms with Crippen molar-refractivity contribution in [1.82, 2.24) is 10.3 Å². The molecule has 0 radical (unpaired) electrons. The van der Waals surface area contributed by atoms with Crippen LogP contribution in [-0.2, 0) is 6.54 Å². The molecule has 0 aliphatic carbocycles. The van der Waals surface area contributed by atoms with Crippen molar-refractivity contribution in [3.63, 3.8) is 0 Å². The minimum Gasteiger partial charge on any atom is -0.439 e. The van der Waals surface area contributed by atoms with Crippen LogP contribution in [0, 0.1) is 0 Å². The summed E-state index contributed by atoms with van der Waals surface area (Å²) in [5, 5.41) is 3.63. The number of nitrogens with zero attached hydrogens (tertiary/aromatic N) is 1. The summed E-state index contributed by atoms with van der Waals surface area (Å²) in [4.78, 5) is 16.7. The molecule has 1 aromatic heterocycles. The van der Waals surface area contributed by atoms with Crippen LogP contribution in [0.25, 0.3) is 11.1 Å². The fraction of sp³-hybridized carbons (Fsp3) is 0.0400. The van der Waals surface area contributed by atoms with Crippen molar-refractivity contribution in [3.05, 3.63) is 113 Å². The predicted octanol–water partition coefficient (Wildman–Crippen LogP) is 6.12. The molecule has 0 aliphatic heterocycles. The molecular weight excluding hydrogens is 396 g/mol. The van der Waals surface area contributed by atoms with Gasteiger partial charge in [-0.1, -0.05) is 54.1 Å². The molecule has 5 heteroatoms. The second kappa shape index (κ2) is 9.25. The molecule has 0 bridgehead atoms. The maximum Gasteiger partial charge on any atom is 0.251 e. The third kappa shape index (κ3) is 5.04. The molecular formula is C25H19ClN2O2. The lowest BCUT2D eigenvalue weighted by molar-refractivity contribution is 0.0951. The molecule has 3 aromatic carbocycles. The monoisotopic (exact) mass is 414 g/mol. The Bertz CT molecular complexity index is 1150. The second-order valence-electron chi connectivity index (χ2n) is 6.69. The van der Waals surface area contributed by atoms with E-state index in [1.807, 2.05) is 84.9 Å². The van der Waals surface area contributed by atoms with E-state index in [2.05, 4.69) is 10.3 Å². The lowest BCUT2D eigenvalue weighted by atomic mass is 10.0. The molecule has 0 atom stereocenters. The van der Waals surface area contributed by atoms with E-state index >= 15 is 0 Å². The summed E-state index contributed by atoms with van der Waals surface area (Å²) in [5.41, 5.74) is 3.56. The van der Waals surface area contributed by atoms with Crippen LogP contribution >= 0.6 is 11.6 Å². The van der Waals surface area contributed by atoms with Crippen LogP contribution in [0.1, 0.15) is 15.9 Å². The largest absolute Gasteiger partial charge is 0.439 e. The highest BCUT2D eigenvalue weighted by atomic mass is 35.5. The molecule has 1 amide bonds. The van der Waals surface area contributed by atoms with Crippen LogP contribution in [0.15, 0.2) is 97.2 Å². The minimum absolute atomic E-state index is 0.135. The number of carbonyl (C=O) groups is 1. The summed E-state index contributed by atoms with van der Waals surface area (Å²) in [7, 11) is 0. The highest BCUT2D eigenvalue weighted by Crippen LogP contribution is 2.23. The van der Waals surface area contributed by atoms with Gasteiger partial charge in [0.1, 0.15) is 5.75 Å². The first kappa shape index (κ1) is 19.7. The van der Waals surface area contributed by atoms with Gasteiger partial charge in [-0.25, -0.2) is 4.98 Å². The Morgan fingerprint density at radius 1 is 0.867 bits per heavy atom. The second-order valence-corrected chi connectivity index (χ2v) is 7.12. The first-order valence-electron chi connectivity index (χ1n) is 9.49. The zero-order valence-electron chi connectivity index (χ0n) is 16.1. The number of ether oxygens (including phenoxy) is 1. The Balaban J connectivity index is 1.38. The van der Waals surface area contributed by atoms with Crippen LogP contribution in [-0.4, -0.2) is 10.9 Å². The lowest BCUT2D eigenvalue weighted by Gasteiger charge is -2.09. The topological polar surface area (TPSA) is 51.2 Å². The normalized spacial score (nSPS) is 10.4. The molecule has 1 heterocycles. The first-order valence-corrected chi connectivity index (χ1v) is 9.87. The van der Waals surface area contributed by atoms with Gasteiger partial charge in [0, 0.05) is 29.4 Å². The van der Waals surface area contributed by atoms with E-state index in [1.165, 1.54) is 0 Å². The molecule has 30 heavy (non-hydrogen) atoms. The summed E-state index contributed by atoms with van der Waals surface area (Å²) in [6.45, 7) is 0.397. The molecule has 4 nitrogen and oxygen atoms in total. The smallest absolute Gasteiger partial charge is 0.251 e. The summed E-state index contributed by atoms with van der Waals surface area (Å²) < 4.78 is 5.74. The maximum absolute atomic E-state index is 12.5. The third-order valence-corrected chi connectivity index (χ3v) is 4.75. The fourth-order valence-electron chi connectivity index (χ4n) is 3.01. The number of aromatic nitrogens is 1. The van der Waals surface area contributed by atoms with Gasteiger partial charge in [0.2, 0.25) is 5.88 Å². The maximum atomic E-state index is 12.5. The first-order chi connectivity index (χ1) is 14.7. The minimum atomic E-state index is -0.135. The van der Waals surface area contributed by atoms with Crippen molar-refractivity contribution in [2.24, 2.45) is 0 Å². The van der Waals surface area contributed by atoms with Crippen molar-refractivity contribution in [3.8, 4) is 22.8 Å². The predicted molar refractivity (Wildman–Crippen MR) is 119 cm³/mol. The van der Waals surface area contributed by atoms with E-state index in [-0.39, 0.29) is 5.91 Å². The van der Waals surface area contributed by atoms with Crippen molar-refractivity contribution in [2.45, 2.75) is 6.54 Å². The Hall–Kier alpha value is -3.63. The summed E-state index contributed by atoms with van der Waals surface area (Å²) in [5.74, 6) is 1.06. The number of hydrogen-bond donors (Lipinski definition) is 1.